The second kappa shape index (κ2) is 6.38. The summed E-state index contributed by atoms with van der Waals surface area (Å²) in [6, 6.07) is 5.96. The molecule has 0 unspecified atom stereocenters. The molecule has 5 nitrogen and oxygen atoms in total. The van der Waals surface area contributed by atoms with E-state index in [4.69, 9.17) is 0 Å². The molecular weight excluding hydrogens is 278 g/mol. The van der Waals surface area contributed by atoms with Crippen molar-refractivity contribution in [1.29, 1.82) is 0 Å². The highest BCUT2D eigenvalue weighted by Crippen LogP contribution is 2.30. The van der Waals surface area contributed by atoms with E-state index in [0.717, 1.165) is 36.2 Å². The monoisotopic (exact) mass is 301 g/mol. The number of aryl methyl sites for hydroxylation is 1. The molecule has 0 aromatic heterocycles. The van der Waals surface area contributed by atoms with Gasteiger partial charge in [0, 0.05) is 30.4 Å². The molecule has 1 aliphatic carbocycles. The molecule has 0 bridgehead atoms. The van der Waals surface area contributed by atoms with Crippen molar-refractivity contribution in [3.63, 3.8) is 0 Å². The Balaban J connectivity index is 1.68. The summed E-state index contributed by atoms with van der Waals surface area (Å²) in [7, 11) is 0. The van der Waals surface area contributed by atoms with E-state index in [1.165, 1.54) is 12.8 Å². The molecule has 0 saturated heterocycles. The van der Waals surface area contributed by atoms with Gasteiger partial charge in [0.25, 0.3) is 0 Å². The Morgan fingerprint density at radius 3 is 2.77 bits per heavy atom. The van der Waals surface area contributed by atoms with E-state index in [2.05, 4.69) is 10.6 Å². The van der Waals surface area contributed by atoms with Gasteiger partial charge in [-0.1, -0.05) is 12.8 Å². The van der Waals surface area contributed by atoms with Crippen LogP contribution in [0.5, 0.6) is 0 Å². The standard InChI is InChI=1S/C17H23N3O2/c1-2-20-15-9-8-14(11-12(15)7-10-16(20)21)19-17(22)18-13-5-3-4-6-13/h8-9,11,13H,2-7,10H2,1H3,(H2,18,19,22). The van der Waals surface area contributed by atoms with Crippen LogP contribution < -0.4 is 15.5 Å². The average Bonchev–Trinajstić information content (AvgIpc) is 3.00. The van der Waals surface area contributed by atoms with Crippen LogP contribution in [0.15, 0.2) is 18.2 Å². The Kier molecular flexibility index (Phi) is 4.32. The predicted molar refractivity (Wildman–Crippen MR) is 87.2 cm³/mol. The zero-order valence-electron chi connectivity index (χ0n) is 13.0. The first-order valence-corrected chi connectivity index (χ1v) is 8.18. The molecule has 118 valence electrons. The zero-order valence-corrected chi connectivity index (χ0v) is 13.0. The van der Waals surface area contributed by atoms with Gasteiger partial charge in [0.05, 0.1) is 0 Å². The maximum Gasteiger partial charge on any atom is 0.319 e. The zero-order chi connectivity index (χ0) is 15.5. The number of hydrogen-bond acceptors (Lipinski definition) is 2. The number of nitrogens with zero attached hydrogens (tertiary/aromatic N) is 1. The summed E-state index contributed by atoms with van der Waals surface area (Å²) in [6.45, 7) is 2.66. The number of nitrogens with one attached hydrogen (secondary N) is 2. The van der Waals surface area contributed by atoms with Crippen LogP contribution in [-0.4, -0.2) is 24.5 Å². The van der Waals surface area contributed by atoms with Crippen molar-refractivity contribution < 1.29 is 9.59 Å². The summed E-state index contributed by atoms with van der Waals surface area (Å²) in [6.07, 6.45) is 5.83. The molecule has 1 saturated carbocycles. The number of rotatable bonds is 3. The number of carbonyl (C=O) groups is 2. The minimum Gasteiger partial charge on any atom is -0.335 e. The van der Waals surface area contributed by atoms with Crippen LogP contribution in [0, 0.1) is 0 Å². The lowest BCUT2D eigenvalue weighted by Gasteiger charge is -2.28. The average molecular weight is 301 g/mol. The third kappa shape index (κ3) is 3.08. The first kappa shape index (κ1) is 14.9. The molecule has 1 aromatic rings. The van der Waals surface area contributed by atoms with Crippen LogP contribution >= 0.6 is 0 Å². The van der Waals surface area contributed by atoms with Crippen LogP contribution in [0.25, 0.3) is 0 Å². The fraction of sp³-hybridized carbons (Fsp3) is 0.529. The molecule has 1 aromatic carbocycles. The quantitative estimate of drug-likeness (QED) is 0.901. The number of amides is 3. The van der Waals surface area contributed by atoms with Crippen LogP contribution in [0.4, 0.5) is 16.2 Å². The van der Waals surface area contributed by atoms with E-state index in [1.807, 2.05) is 25.1 Å². The van der Waals surface area contributed by atoms with Crippen LogP contribution in [0.1, 0.15) is 44.6 Å². The maximum absolute atomic E-state index is 12.0. The molecular formula is C17H23N3O2. The van der Waals surface area contributed by atoms with Crippen LogP contribution in [-0.2, 0) is 11.2 Å². The number of anilines is 2. The minimum atomic E-state index is -0.133. The van der Waals surface area contributed by atoms with E-state index >= 15 is 0 Å². The van der Waals surface area contributed by atoms with Gasteiger partial charge in [-0.3, -0.25) is 4.79 Å². The summed E-state index contributed by atoms with van der Waals surface area (Å²) in [5, 5.41) is 5.93. The molecule has 1 aliphatic heterocycles. The van der Waals surface area contributed by atoms with E-state index in [0.29, 0.717) is 19.0 Å². The lowest BCUT2D eigenvalue weighted by atomic mass is 10.0. The number of hydrogen-bond donors (Lipinski definition) is 2. The molecule has 3 rings (SSSR count). The van der Waals surface area contributed by atoms with Crippen molar-refractivity contribution in [1.82, 2.24) is 5.32 Å². The molecule has 0 atom stereocenters. The Hall–Kier alpha value is -2.04. The highest BCUT2D eigenvalue weighted by Gasteiger charge is 2.23. The molecule has 5 heteroatoms. The van der Waals surface area contributed by atoms with Crippen molar-refractivity contribution in [2.24, 2.45) is 0 Å². The highest BCUT2D eigenvalue weighted by atomic mass is 16.2. The largest absolute Gasteiger partial charge is 0.335 e. The Morgan fingerprint density at radius 2 is 2.05 bits per heavy atom. The Morgan fingerprint density at radius 1 is 1.27 bits per heavy atom. The van der Waals surface area contributed by atoms with E-state index in [1.54, 1.807) is 4.90 Å². The summed E-state index contributed by atoms with van der Waals surface area (Å²) in [4.78, 5) is 25.7. The van der Waals surface area contributed by atoms with Crippen molar-refractivity contribution in [2.75, 3.05) is 16.8 Å². The van der Waals surface area contributed by atoms with E-state index < -0.39 is 0 Å². The maximum atomic E-state index is 12.0. The second-order valence-corrected chi connectivity index (χ2v) is 6.06. The van der Waals surface area contributed by atoms with E-state index in [9.17, 15) is 9.59 Å². The first-order chi connectivity index (χ1) is 10.7. The molecule has 2 N–H and O–H groups in total. The first-order valence-electron chi connectivity index (χ1n) is 8.18. The fourth-order valence-corrected chi connectivity index (χ4v) is 3.41. The Bertz CT molecular complexity index is 579. The van der Waals surface area contributed by atoms with E-state index in [-0.39, 0.29) is 11.9 Å². The number of urea groups is 1. The lowest BCUT2D eigenvalue weighted by Crippen LogP contribution is -2.36. The molecule has 3 amide bonds. The van der Waals surface area contributed by atoms with Crippen molar-refractivity contribution in [2.45, 2.75) is 51.5 Å². The van der Waals surface area contributed by atoms with Crippen molar-refractivity contribution in [3.05, 3.63) is 23.8 Å². The molecule has 22 heavy (non-hydrogen) atoms. The smallest absolute Gasteiger partial charge is 0.319 e. The lowest BCUT2D eigenvalue weighted by molar-refractivity contribution is -0.118. The van der Waals surface area contributed by atoms with Gasteiger partial charge in [-0.15, -0.1) is 0 Å². The Labute approximate surface area is 131 Å². The van der Waals surface area contributed by atoms with Gasteiger partial charge in [-0.05, 0) is 49.9 Å². The predicted octanol–water partition coefficient (Wildman–Crippen LogP) is 3.05. The second-order valence-electron chi connectivity index (χ2n) is 6.06. The summed E-state index contributed by atoms with van der Waals surface area (Å²) < 4.78 is 0. The topological polar surface area (TPSA) is 61.4 Å². The normalized spacial score (nSPS) is 18.2. The number of fused-ring (bicyclic) bond motifs is 1. The molecule has 1 fully saturated rings. The minimum absolute atomic E-state index is 0.133. The molecule has 0 spiro atoms. The van der Waals surface area contributed by atoms with Gasteiger partial charge < -0.3 is 15.5 Å². The van der Waals surface area contributed by atoms with Gasteiger partial charge in [0.1, 0.15) is 0 Å². The molecule has 0 radical (unpaired) electrons. The summed E-state index contributed by atoms with van der Waals surface area (Å²) in [5.41, 5.74) is 2.89. The molecule has 1 heterocycles. The van der Waals surface area contributed by atoms with Crippen molar-refractivity contribution >= 4 is 23.3 Å². The third-order valence-electron chi connectivity index (χ3n) is 4.54. The number of carbonyl (C=O) groups excluding carboxylic acids is 2. The third-order valence-corrected chi connectivity index (χ3v) is 4.54. The summed E-state index contributed by atoms with van der Waals surface area (Å²) in [5.74, 6) is 0.176. The van der Waals surface area contributed by atoms with Crippen LogP contribution in [0.2, 0.25) is 0 Å². The SMILES string of the molecule is CCN1C(=O)CCc2cc(NC(=O)NC3CCCC3)ccc21. The van der Waals surface area contributed by atoms with Crippen LogP contribution in [0.3, 0.4) is 0 Å². The highest BCUT2D eigenvalue weighted by molar-refractivity contribution is 5.97. The van der Waals surface area contributed by atoms with Gasteiger partial charge in [0.2, 0.25) is 5.91 Å². The fourth-order valence-electron chi connectivity index (χ4n) is 3.41. The van der Waals surface area contributed by atoms with Gasteiger partial charge in [-0.2, -0.15) is 0 Å². The number of benzene rings is 1. The summed E-state index contributed by atoms with van der Waals surface area (Å²) >= 11 is 0. The molecule has 2 aliphatic rings. The van der Waals surface area contributed by atoms with Gasteiger partial charge in [0.15, 0.2) is 0 Å². The van der Waals surface area contributed by atoms with Gasteiger partial charge in [-0.25, -0.2) is 4.79 Å². The van der Waals surface area contributed by atoms with Gasteiger partial charge >= 0.3 is 6.03 Å². The van der Waals surface area contributed by atoms with Crippen molar-refractivity contribution in [3.8, 4) is 0 Å².